The summed E-state index contributed by atoms with van der Waals surface area (Å²) < 4.78 is 5.88. The second-order valence-corrected chi connectivity index (χ2v) is 8.09. The van der Waals surface area contributed by atoms with Gasteiger partial charge in [0, 0.05) is 21.7 Å². The molecule has 0 saturated carbocycles. The van der Waals surface area contributed by atoms with Gasteiger partial charge < -0.3 is 9.73 Å². The van der Waals surface area contributed by atoms with E-state index in [-0.39, 0.29) is 5.91 Å². The van der Waals surface area contributed by atoms with E-state index in [1.165, 1.54) is 0 Å². The lowest BCUT2D eigenvalue weighted by molar-refractivity contribution is 0.102. The maximum Gasteiger partial charge on any atom is 0.256 e. The van der Waals surface area contributed by atoms with Crippen molar-refractivity contribution >= 4 is 56.7 Å². The van der Waals surface area contributed by atoms with Crippen LogP contribution in [-0.4, -0.2) is 10.9 Å². The topological polar surface area (TPSA) is 55.1 Å². The molecule has 31 heavy (non-hydrogen) atoms. The van der Waals surface area contributed by atoms with Gasteiger partial charge in [-0.15, -0.1) is 0 Å². The largest absolute Gasteiger partial charge is 0.436 e. The third kappa shape index (κ3) is 3.65. The van der Waals surface area contributed by atoms with Crippen molar-refractivity contribution in [3.8, 4) is 11.5 Å². The van der Waals surface area contributed by atoms with Crippen LogP contribution in [0.1, 0.15) is 15.9 Å². The average molecular weight is 447 g/mol. The molecule has 0 unspecified atom stereocenters. The zero-order valence-electron chi connectivity index (χ0n) is 16.4. The molecular formula is C25H16Cl2N2O2. The third-order valence-electron chi connectivity index (χ3n) is 5.11. The first-order valence-corrected chi connectivity index (χ1v) is 10.4. The number of oxazole rings is 1. The number of halogens is 2. The van der Waals surface area contributed by atoms with Crippen LogP contribution in [-0.2, 0) is 0 Å². The summed E-state index contributed by atoms with van der Waals surface area (Å²) in [6, 6.07) is 22.0. The molecule has 0 saturated heterocycles. The minimum Gasteiger partial charge on any atom is -0.436 e. The number of nitrogens with zero attached hydrogens (tertiary/aromatic N) is 1. The van der Waals surface area contributed by atoms with Gasteiger partial charge in [0.2, 0.25) is 5.89 Å². The summed E-state index contributed by atoms with van der Waals surface area (Å²) in [6.45, 7) is 2.00. The summed E-state index contributed by atoms with van der Waals surface area (Å²) in [7, 11) is 0. The molecule has 1 N–H and O–H groups in total. The van der Waals surface area contributed by atoms with Crippen LogP contribution in [0.3, 0.4) is 0 Å². The number of aromatic nitrogens is 1. The van der Waals surface area contributed by atoms with Gasteiger partial charge in [-0.2, -0.15) is 0 Å². The number of amides is 1. The molecule has 0 radical (unpaired) electrons. The van der Waals surface area contributed by atoms with E-state index in [2.05, 4.69) is 10.3 Å². The van der Waals surface area contributed by atoms with Crippen molar-refractivity contribution in [2.75, 3.05) is 5.32 Å². The molecule has 5 rings (SSSR count). The standard InChI is InChI=1S/C25H16Cl2N2O2/c1-14-8-11-23-22(12-14)29-25(31-23)19-13-15(9-10-21(19)27)28-24(30)18-6-2-5-17-16(18)4-3-7-20(17)26/h2-13H,1H3,(H,28,30). The zero-order chi connectivity index (χ0) is 21.5. The molecule has 4 nitrogen and oxygen atoms in total. The fourth-order valence-corrected chi connectivity index (χ4v) is 4.02. The number of aryl methyl sites for hydroxylation is 1. The Bertz CT molecular complexity index is 1470. The summed E-state index contributed by atoms with van der Waals surface area (Å²) in [5.41, 5.74) is 4.26. The molecule has 0 spiro atoms. The quantitative estimate of drug-likeness (QED) is 0.311. The summed E-state index contributed by atoms with van der Waals surface area (Å²) in [5, 5.41) is 5.65. The Hall–Kier alpha value is -3.34. The molecule has 0 fully saturated rings. The number of fused-ring (bicyclic) bond motifs is 2. The molecular weight excluding hydrogens is 431 g/mol. The number of benzene rings is 4. The van der Waals surface area contributed by atoms with E-state index in [4.69, 9.17) is 27.6 Å². The normalized spacial score (nSPS) is 11.2. The molecule has 0 aliphatic rings. The first-order valence-electron chi connectivity index (χ1n) is 9.65. The van der Waals surface area contributed by atoms with Gasteiger partial charge in [0.05, 0.1) is 10.6 Å². The van der Waals surface area contributed by atoms with Crippen molar-refractivity contribution in [2.24, 2.45) is 0 Å². The molecule has 4 aromatic carbocycles. The molecule has 6 heteroatoms. The van der Waals surface area contributed by atoms with Gasteiger partial charge in [-0.3, -0.25) is 4.79 Å². The van der Waals surface area contributed by atoms with Crippen molar-refractivity contribution in [2.45, 2.75) is 6.92 Å². The molecule has 0 bridgehead atoms. The highest BCUT2D eigenvalue weighted by atomic mass is 35.5. The van der Waals surface area contributed by atoms with Crippen LogP contribution in [0, 0.1) is 6.92 Å². The minimum atomic E-state index is -0.241. The van der Waals surface area contributed by atoms with E-state index in [0.717, 1.165) is 21.9 Å². The first kappa shape index (κ1) is 19.6. The lowest BCUT2D eigenvalue weighted by atomic mass is 10.0. The zero-order valence-corrected chi connectivity index (χ0v) is 18.0. The van der Waals surface area contributed by atoms with E-state index in [0.29, 0.717) is 38.3 Å². The number of carbonyl (C=O) groups excluding carboxylic acids is 1. The van der Waals surface area contributed by atoms with Gasteiger partial charge in [-0.1, -0.05) is 53.5 Å². The molecule has 0 aliphatic carbocycles. The van der Waals surface area contributed by atoms with Crippen LogP contribution in [0.2, 0.25) is 10.0 Å². The Labute approximate surface area is 188 Å². The van der Waals surface area contributed by atoms with E-state index in [1.54, 1.807) is 30.3 Å². The van der Waals surface area contributed by atoms with Crippen LogP contribution in [0.25, 0.3) is 33.3 Å². The Morgan fingerprint density at radius 2 is 1.71 bits per heavy atom. The lowest BCUT2D eigenvalue weighted by Gasteiger charge is -2.10. The maximum absolute atomic E-state index is 13.0. The molecule has 1 amide bonds. The average Bonchev–Trinajstić information content (AvgIpc) is 3.18. The predicted molar refractivity (Wildman–Crippen MR) is 126 cm³/mol. The summed E-state index contributed by atoms with van der Waals surface area (Å²) >= 11 is 12.7. The Morgan fingerprint density at radius 1 is 0.903 bits per heavy atom. The first-order chi connectivity index (χ1) is 15.0. The van der Waals surface area contributed by atoms with Gasteiger partial charge in [0.15, 0.2) is 5.58 Å². The van der Waals surface area contributed by atoms with Crippen LogP contribution in [0.4, 0.5) is 5.69 Å². The van der Waals surface area contributed by atoms with Gasteiger partial charge in [-0.05, 0) is 60.3 Å². The molecule has 5 aromatic rings. The Kier molecular flexibility index (Phi) is 4.89. The number of hydrogen-bond acceptors (Lipinski definition) is 3. The highest BCUT2D eigenvalue weighted by Gasteiger charge is 2.15. The van der Waals surface area contributed by atoms with E-state index >= 15 is 0 Å². The van der Waals surface area contributed by atoms with Crippen molar-refractivity contribution in [1.29, 1.82) is 0 Å². The molecule has 1 heterocycles. The maximum atomic E-state index is 13.0. The van der Waals surface area contributed by atoms with Gasteiger partial charge in [-0.25, -0.2) is 4.98 Å². The highest BCUT2D eigenvalue weighted by molar-refractivity contribution is 6.36. The second kappa shape index (κ2) is 7.73. The SMILES string of the molecule is Cc1ccc2oc(-c3cc(NC(=O)c4cccc5c(Cl)cccc45)ccc3Cl)nc2c1. The number of rotatable bonds is 3. The number of anilines is 1. The Morgan fingerprint density at radius 3 is 2.58 bits per heavy atom. The number of nitrogens with one attached hydrogen (secondary N) is 1. The smallest absolute Gasteiger partial charge is 0.256 e. The van der Waals surface area contributed by atoms with Crippen molar-refractivity contribution < 1.29 is 9.21 Å². The molecule has 0 aliphatic heterocycles. The Balaban J connectivity index is 1.51. The summed E-state index contributed by atoms with van der Waals surface area (Å²) in [5.74, 6) is 0.160. The van der Waals surface area contributed by atoms with Crippen LogP contribution >= 0.6 is 23.2 Å². The number of hydrogen-bond donors (Lipinski definition) is 1. The molecule has 0 atom stereocenters. The fraction of sp³-hybridized carbons (Fsp3) is 0.0400. The van der Waals surface area contributed by atoms with Crippen LogP contribution in [0.15, 0.2) is 77.2 Å². The van der Waals surface area contributed by atoms with Gasteiger partial charge in [0.25, 0.3) is 5.91 Å². The second-order valence-electron chi connectivity index (χ2n) is 7.28. The van der Waals surface area contributed by atoms with E-state index < -0.39 is 0 Å². The van der Waals surface area contributed by atoms with Gasteiger partial charge >= 0.3 is 0 Å². The highest BCUT2D eigenvalue weighted by Crippen LogP contribution is 2.33. The fourth-order valence-electron chi connectivity index (χ4n) is 3.59. The minimum absolute atomic E-state index is 0.241. The van der Waals surface area contributed by atoms with E-state index in [9.17, 15) is 4.79 Å². The monoisotopic (exact) mass is 446 g/mol. The summed E-state index contributed by atoms with van der Waals surface area (Å²) in [6.07, 6.45) is 0. The predicted octanol–water partition coefficient (Wildman–Crippen LogP) is 7.52. The van der Waals surface area contributed by atoms with Crippen molar-refractivity contribution in [1.82, 2.24) is 4.98 Å². The van der Waals surface area contributed by atoms with Crippen molar-refractivity contribution in [3.05, 3.63) is 94.0 Å². The van der Waals surface area contributed by atoms with Crippen LogP contribution in [0.5, 0.6) is 0 Å². The molecule has 152 valence electrons. The van der Waals surface area contributed by atoms with Crippen molar-refractivity contribution in [3.63, 3.8) is 0 Å². The lowest BCUT2D eigenvalue weighted by Crippen LogP contribution is -2.12. The van der Waals surface area contributed by atoms with Crippen LogP contribution < -0.4 is 5.32 Å². The van der Waals surface area contributed by atoms with E-state index in [1.807, 2.05) is 49.4 Å². The summed E-state index contributed by atoms with van der Waals surface area (Å²) in [4.78, 5) is 17.6. The van der Waals surface area contributed by atoms with Gasteiger partial charge in [0.1, 0.15) is 5.52 Å². The molecule has 1 aromatic heterocycles. The number of carbonyl (C=O) groups is 1. The third-order valence-corrected chi connectivity index (χ3v) is 5.77.